The van der Waals surface area contributed by atoms with Crippen molar-refractivity contribution in [3.8, 4) is 0 Å². The first kappa shape index (κ1) is 12.3. The van der Waals surface area contributed by atoms with Gasteiger partial charge in [-0.15, -0.1) is 0 Å². The third-order valence-corrected chi connectivity index (χ3v) is 2.91. The molecule has 1 heterocycles. The van der Waals surface area contributed by atoms with Crippen LogP contribution in [-0.4, -0.2) is 22.8 Å². The maximum absolute atomic E-state index is 5.59. The van der Waals surface area contributed by atoms with Crippen LogP contribution in [0, 0.1) is 10.7 Å². The Morgan fingerprint density at radius 3 is 2.88 bits per heavy atom. The predicted octanol–water partition coefficient (Wildman–Crippen LogP) is 3.37. The van der Waals surface area contributed by atoms with Crippen LogP contribution in [0.4, 0.5) is 0 Å². The number of hydrogen-bond donors (Lipinski definition) is 1. The van der Waals surface area contributed by atoms with E-state index in [1.165, 1.54) is 0 Å². The van der Waals surface area contributed by atoms with Crippen molar-refractivity contribution in [3.63, 3.8) is 0 Å². The van der Waals surface area contributed by atoms with E-state index in [1.807, 2.05) is 18.2 Å². The van der Waals surface area contributed by atoms with Crippen molar-refractivity contribution >= 4 is 23.3 Å². The van der Waals surface area contributed by atoms with Crippen LogP contribution in [0.5, 0.6) is 0 Å². The molecule has 0 aliphatic rings. The van der Waals surface area contributed by atoms with Gasteiger partial charge in [-0.25, -0.2) is 0 Å². The molecular formula is C13H18N2OS. The fourth-order valence-electron chi connectivity index (χ4n) is 1.80. The number of para-hydroxylation sites is 2. The van der Waals surface area contributed by atoms with Crippen LogP contribution < -0.4 is 0 Å². The number of aromatic amines is 1. The Bertz CT molecular complexity index is 542. The minimum Gasteiger partial charge on any atom is -0.379 e. The quantitative estimate of drug-likeness (QED) is 0.651. The highest BCUT2D eigenvalue weighted by atomic mass is 32.1. The largest absolute Gasteiger partial charge is 0.379 e. The summed E-state index contributed by atoms with van der Waals surface area (Å²) in [5.74, 6) is 0.575. The fourth-order valence-corrected chi connectivity index (χ4v) is 2.10. The van der Waals surface area contributed by atoms with E-state index in [9.17, 15) is 0 Å². The van der Waals surface area contributed by atoms with Crippen molar-refractivity contribution < 1.29 is 4.74 Å². The number of imidazole rings is 1. The molecule has 0 unspecified atom stereocenters. The van der Waals surface area contributed by atoms with Gasteiger partial charge in [0.25, 0.3) is 0 Å². The van der Waals surface area contributed by atoms with Crippen LogP contribution in [0.25, 0.3) is 11.0 Å². The molecule has 1 aromatic heterocycles. The summed E-state index contributed by atoms with van der Waals surface area (Å²) in [5.41, 5.74) is 2.23. The summed E-state index contributed by atoms with van der Waals surface area (Å²) < 4.78 is 8.44. The molecule has 17 heavy (non-hydrogen) atoms. The average molecular weight is 250 g/mol. The third kappa shape index (κ3) is 2.96. The maximum Gasteiger partial charge on any atom is 0.178 e. The van der Waals surface area contributed by atoms with Crippen molar-refractivity contribution in [2.45, 2.75) is 20.4 Å². The Morgan fingerprint density at radius 1 is 1.35 bits per heavy atom. The molecule has 0 aliphatic carbocycles. The average Bonchev–Trinajstić information content (AvgIpc) is 2.60. The SMILES string of the molecule is CC(C)COCCn1c(=S)[nH]c2ccccc21. The summed E-state index contributed by atoms with van der Waals surface area (Å²) in [4.78, 5) is 3.20. The molecule has 1 aromatic carbocycles. The number of fused-ring (bicyclic) bond motifs is 1. The van der Waals surface area contributed by atoms with Gasteiger partial charge in [-0.05, 0) is 30.3 Å². The van der Waals surface area contributed by atoms with Gasteiger partial charge in [-0.3, -0.25) is 0 Å². The molecule has 0 saturated heterocycles. The predicted molar refractivity (Wildman–Crippen MR) is 72.8 cm³/mol. The first-order valence-electron chi connectivity index (χ1n) is 5.94. The standard InChI is InChI=1S/C13H18N2OS/c1-10(2)9-16-8-7-15-12-6-4-3-5-11(12)14-13(15)17/h3-6,10H,7-9H2,1-2H3,(H,14,17). The molecule has 0 spiro atoms. The Hall–Kier alpha value is -1.13. The van der Waals surface area contributed by atoms with E-state index in [-0.39, 0.29) is 0 Å². The Morgan fingerprint density at radius 2 is 2.12 bits per heavy atom. The minimum absolute atomic E-state index is 0.575. The van der Waals surface area contributed by atoms with Gasteiger partial charge in [-0.2, -0.15) is 0 Å². The topological polar surface area (TPSA) is 29.9 Å². The van der Waals surface area contributed by atoms with E-state index >= 15 is 0 Å². The van der Waals surface area contributed by atoms with Crippen LogP contribution in [0.3, 0.4) is 0 Å². The number of nitrogens with zero attached hydrogens (tertiary/aromatic N) is 1. The van der Waals surface area contributed by atoms with E-state index in [2.05, 4.69) is 29.5 Å². The molecule has 2 rings (SSSR count). The molecule has 0 fully saturated rings. The zero-order valence-corrected chi connectivity index (χ0v) is 11.1. The molecule has 3 nitrogen and oxygen atoms in total. The maximum atomic E-state index is 5.59. The summed E-state index contributed by atoms with van der Waals surface area (Å²) >= 11 is 5.31. The number of ether oxygens (including phenoxy) is 1. The van der Waals surface area contributed by atoms with Crippen molar-refractivity contribution in [3.05, 3.63) is 29.0 Å². The van der Waals surface area contributed by atoms with Crippen LogP contribution >= 0.6 is 12.2 Å². The lowest BCUT2D eigenvalue weighted by atomic mass is 10.2. The van der Waals surface area contributed by atoms with E-state index in [0.717, 1.165) is 29.0 Å². The molecule has 4 heteroatoms. The molecule has 0 atom stereocenters. The zero-order valence-electron chi connectivity index (χ0n) is 10.3. The second-order valence-electron chi connectivity index (χ2n) is 4.57. The smallest absolute Gasteiger partial charge is 0.178 e. The van der Waals surface area contributed by atoms with Gasteiger partial charge in [0.05, 0.1) is 17.6 Å². The number of hydrogen-bond acceptors (Lipinski definition) is 2. The Kier molecular flexibility index (Phi) is 3.97. The lowest BCUT2D eigenvalue weighted by molar-refractivity contribution is 0.103. The molecule has 0 amide bonds. The van der Waals surface area contributed by atoms with Crippen molar-refractivity contribution in [2.24, 2.45) is 5.92 Å². The summed E-state index contributed by atoms with van der Waals surface area (Å²) in [7, 11) is 0. The highest BCUT2D eigenvalue weighted by molar-refractivity contribution is 7.71. The van der Waals surface area contributed by atoms with Gasteiger partial charge < -0.3 is 14.3 Å². The monoisotopic (exact) mass is 250 g/mol. The highest BCUT2D eigenvalue weighted by Crippen LogP contribution is 2.13. The van der Waals surface area contributed by atoms with Gasteiger partial charge >= 0.3 is 0 Å². The van der Waals surface area contributed by atoms with Crippen molar-refractivity contribution in [1.29, 1.82) is 0 Å². The van der Waals surface area contributed by atoms with Gasteiger partial charge in [0.15, 0.2) is 4.77 Å². The second kappa shape index (κ2) is 5.47. The number of nitrogens with one attached hydrogen (secondary N) is 1. The van der Waals surface area contributed by atoms with Crippen LogP contribution in [0.15, 0.2) is 24.3 Å². The highest BCUT2D eigenvalue weighted by Gasteiger charge is 2.03. The summed E-state index contributed by atoms with van der Waals surface area (Å²) in [6.45, 7) is 6.61. The molecule has 0 bridgehead atoms. The molecule has 2 aromatic rings. The normalized spacial score (nSPS) is 11.5. The van der Waals surface area contributed by atoms with E-state index in [0.29, 0.717) is 12.5 Å². The van der Waals surface area contributed by atoms with Gasteiger partial charge in [0, 0.05) is 13.2 Å². The number of rotatable bonds is 5. The molecule has 0 saturated carbocycles. The zero-order chi connectivity index (χ0) is 12.3. The van der Waals surface area contributed by atoms with Crippen molar-refractivity contribution in [1.82, 2.24) is 9.55 Å². The van der Waals surface area contributed by atoms with Gasteiger partial charge in [-0.1, -0.05) is 26.0 Å². The third-order valence-electron chi connectivity index (χ3n) is 2.59. The molecular weight excluding hydrogens is 232 g/mol. The Labute approximate surface area is 106 Å². The number of benzene rings is 1. The molecule has 0 aliphatic heterocycles. The van der Waals surface area contributed by atoms with Crippen LogP contribution in [0.2, 0.25) is 0 Å². The summed E-state index contributed by atoms with van der Waals surface area (Å²) in [6.07, 6.45) is 0. The first-order valence-corrected chi connectivity index (χ1v) is 6.34. The van der Waals surface area contributed by atoms with Crippen molar-refractivity contribution in [2.75, 3.05) is 13.2 Å². The lowest BCUT2D eigenvalue weighted by Crippen LogP contribution is -2.09. The van der Waals surface area contributed by atoms with E-state index in [4.69, 9.17) is 17.0 Å². The minimum atomic E-state index is 0.575. The van der Waals surface area contributed by atoms with Gasteiger partial charge in [0.1, 0.15) is 0 Å². The Balaban J connectivity index is 2.08. The van der Waals surface area contributed by atoms with Crippen LogP contribution in [-0.2, 0) is 11.3 Å². The number of H-pyrrole nitrogens is 1. The number of aromatic nitrogens is 2. The van der Waals surface area contributed by atoms with Crippen LogP contribution in [0.1, 0.15) is 13.8 Å². The van der Waals surface area contributed by atoms with E-state index < -0.39 is 0 Å². The molecule has 92 valence electrons. The first-order chi connectivity index (χ1) is 8.18. The second-order valence-corrected chi connectivity index (χ2v) is 4.95. The fraction of sp³-hybridized carbons (Fsp3) is 0.462. The molecule has 0 radical (unpaired) electrons. The lowest BCUT2D eigenvalue weighted by Gasteiger charge is -2.08. The molecule has 1 N–H and O–H groups in total. The van der Waals surface area contributed by atoms with E-state index in [1.54, 1.807) is 0 Å². The summed E-state index contributed by atoms with van der Waals surface area (Å²) in [6, 6.07) is 8.14. The summed E-state index contributed by atoms with van der Waals surface area (Å²) in [5, 5.41) is 0. The van der Waals surface area contributed by atoms with Gasteiger partial charge in [0.2, 0.25) is 0 Å².